The number of hydrogen-bond donors (Lipinski definition) is 3. The lowest BCUT2D eigenvalue weighted by atomic mass is 10.1. The molecule has 0 heterocycles. The van der Waals surface area contributed by atoms with Crippen molar-refractivity contribution in [3.05, 3.63) is 102 Å². The van der Waals surface area contributed by atoms with Gasteiger partial charge in [0.2, 0.25) is 5.91 Å². The summed E-state index contributed by atoms with van der Waals surface area (Å²) in [5.74, 6) is -1.96. The van der Waals surface area contributed by atoms with Crippen molar-refractivity contribution in [2.24, 2.45) is 5.73 Å². The van der Waals surface area contributed by atoms with E-state index in [9.17, 15) is 19.2 Å². The van der Waals surface area contributed by atoms with E-state index in [4.69, 9.17) is 15.2 Å². The van der Waals surface area contributed by atoms with E-state index in [1.165, 1.54) is 24.3 Å². The van der Waals surface area contributed by atoms with E-state index in [0.29, 0.717) is 11.3 Å². The lowest BCUT2D eigenvalue weighted by molar-refractivity contribution is -0.149. The van der Waals surface area contributed by atoms with Crippen LogP contribution in [-0.4, -0.2) is 36.5 Å². The van der Waals surface area contributed by atoms with Crippen LogP contribution in [0, 0.1) is 0 Å². The van der Waals surface area contributed by atoms with Crippen LogP contribution >= 0.6 is 0 Å². The molecule has 9 nitrogen and oxygen atoms in total. The van der Waals surface area contributed by atoms with Gasteiger partial charge in [-0.1, -0.05) is 60.7 Å². The third-order valence-corrected chi connectivity index (χ3v) is 4.87. The summed E-state index contributed by atoms with van der Waals surface area (Å²) in [4.78, 5) is 48.4. The van der Waals surface area contributed by atoms with Crippen molar-refractivity contribution in [1.29, 1.82) is 0 Å². The van der Waals surface area contributed by atoms with Crippen molar-refractivity contribution in [2.45, 2.75) is 19.1 Å². The molecule has 0 saturated heterocycles. The van der Waals surface area contributed by atoms with Crippen molar-refractivity contribution >= 4 is 29.6 Å². The third-order valence-electron chi connectivity index (χ3n) is 4.87. The van der Waals surface area contributed by atoms with Crippen LogP contribution in [0.15, 0.2) is 84.9 Å². The molecule has 0 bridgehead atoms. The molecule has 3 amide bonds. The maximum Gasteiger partial charge on any atom is 0.408 e. The Hall–Kier alpha value is -4.66. The maximum absolute atomic E-state index is 12.7. The van der Waals surface area contributed by atoms with E-state index in [1.807, 2.05) is 48.5 Å². The SMILES string of the molecule is NC(=O)c1ccc(NC(=O)COC(=O)C(Cc2ccccc2)NC(=O)OCc2ccccc2)cc1. The Kier molecular flexibility index (Phi) is 8.95. The Balaban J connectivity index is 1.56. The van der Waals surface area contributed by atoms with E-state index in [-0.39, 0.29) is 13.0 Å². The molecule has 3 aromatic rings. The minimum absolute atomic E-state index is 0.0384. The smallest absolute Gasteiger partial charge is 0.408 e. The number of nitrogens with two attached hydrogens (primary N) is 1. The highest BCUT2D eigenvalue weighted by atomic mass is 16.6. The van der Waals surface area contributed by atoms with Crippen LogP contribution in [0.2, 0.25) is 0 Å². The van der Waals surface area contributed by atoms with Gasteiger partial charge >= 0.3 is 12.1 Å². The number of nitrogens with one attached hydrogen (secondary N) is 2. The van der Waals surface area contributed by atoms with Crippen LogP contribution in [-0.2, 0) is 32.1 Å². The quantitative estimate of drug-likeness (QED) is 0.386. The minimum atomic E-state index is -1.07. The number of carbonyl (C=O) groups excluding carboxylic acids is 4. The van der Waals surface area contributed by atoms with Gasteiger partial charge in [-0.3, -0.25) is 9.59 Å². The van der Waals surface area contributed by atoms with E-state index < -0.39 is 36.5 Å². The van der Waals surface area contributed by atoms with Crippen molar-refractivity contribution in [1.82, 2.24) is 5.32 Å². The highest BCUT2D eigenvalue weighted by molar-refractivity contribution is 5.95. The van der Waals surface area contributed by atoms with Crippen molar-refractivity contribution in [2.75, 3.05) is 11.9 Å². The molecule has 1 unspecified atom stereocenters. The van der Waals surface area contributed by atoms with Crippen LogP contribution in [0.1, 0.15) is 21.5 Å². The average Bonchev–Trinajstić information content (AvgIpc) is 2.87. The molecule has 3 rings (SSSR count). The first-order valence-corrected chi connectivity index (χ1v) is 10.8. The molecule has 0 aliphatic carbocycles. The first-order chi connectivity index (χ1) is 16.9. The molecule has 1 atom stereocenters. The summed E-state index contributed by atoms with van der Waals surface area (Å²) in [6.45, 7) is -0.529. The van der Waals surface area contributed by atoms with Crippen molar-refractivity contribution in [3.8, 4) is 0 Å². The van der Waals surface area contributed by atoms with Gasteiger partial charge in [-0.05, 0) is 35.4 Å². The second-order valence-corrected chi connectivity index (χ2v) is 7.55. The average molecular weight is 476 g/mol. The molecule has 0 spiro atoms. The number of anilines is 1. The molecule has 0 fully saturated rings. The molecule has 3 aromatic carbocycles. The lowest BCUT2D eigenvalue weighted by Gasteiger charge is -2.18. The maximum atomic E-state index is 12.7. The number of amides is 3. The molecule has 0 radical (unpaired) electrons. The molecule has 180 valence electrons. The number of esters is 1. The Morgan fingerprint density at radius 1 is 0.771 bits per heavy atom. The standard InChI is InChI=1S/C26H25N3O6/c27-24(31)20-11-13-21(14-12-20)28-23(30)17-34-25(32)22(15-18-7-3-1-4-8-18)29-26(33)35-16-19-9-5-2-6-10-19/h1-14,22H,15-17H2,(H2,27,31)(H,28,30)(H,29,33). The summed E-state index contributed by atoms with van der Waals surface area (Å²) < 4.78 is 10.3. The summed E-state index contributed by atoms with van der Waals surface area (Å²) in [5.41, 5.74) is 7.47. The topological polar surface area (TPSA) is 137 Å². The Labute approximate surface area is 202 Å². The fourth-order valence-electron chi connectivity index (χ4n) is 3.10. The Morgan fingerprint density at radius 3 is 1.97 bits per heavy atom. The van der Waals surface area contributed by atoms with E-state index in [2.05, 4.69) is 10.6 Å². The van der Waals surface area contributed by atoms with E-state index in [1.54, 1.807) is 12.1 Å². The normalized spacial score (nSPS) is 11.1. The van der Waals surface area contributed by atoms with Gasteiger partial charge in [-0.15, -0.1) is 0 Å². The van der Waals surface area contributed by atoms with Gasteiger partial charge in [0.1, 0.15) is 12.6 Å². The molecule has 0 aliphatic rings. The zero-order valence-electron chi connectivity index (χ0n) is 18.8. The molecule has 35 heavy (non-hydrogen) atoms. The van der Waals surface area contributed by atoms with Crippen LogP contribution in [0.3, 0.4) is 0 Å². The number of ether oxygens (including phenoxy) is 2. The van der Waals surface area contributed by atoms with E-state index in [0.717, 1.165) is 11.1 Å². The van der Waals surface area contributed by atoms with Gasteiger partial charge in [0.05, 0.1) is 0 Å². The van der Waals surface area contributed by atoms with Crippen LogP contribution < -0.4 is 16.4 Å². The zero-order valence-corrected chi connectivity index (χ0v) is 18.8. The van der Waals surface area contributed by atoms with Gasteiger partial charge in [0.25, 0.3) is 5.91 Å². The first kappa shape index (κ1) is 25.0. The minimum Gasteiger partial charge on any atom is -0.454 e. The molecule has 0 aromatic heterocycles. The molecule has 0 saturated carbocycles. The van der Waals surface area contributed by atoms with Gasteiger partial charge in [0.15, 0.2) is 6.61 Å². The highest BCUT2D eigenvalue weighted by Crippen LogP contribution is 2.10. The summed E-state index contributed by atoms with van der Waals surface area (Å²) in [6, 6.07) is 23.0. The molecule has 9 heteroatoms. The highest BCUT2D eigenvalue weighted by Gasteiger charge is 2.24. The second-order valence-electron chi connectivity index (χ2n) is 7.55. The molecular weight excluding hydrogens is 450 g/mol. The van der Waals surface area contributed by atoms with Gasteiger partial charge in [-0.25, -0.2) is 9.59 Å². The van der Waals surface area contributed by atoms with Crippen LogP contribution in [0.4, 0.5) is 10.5 Å². The largest absolute Gasteiger partial charge is 0.454 e. The second kappa shape index (κ2) is 12.5. The molecule has 0 aliphatic heterocycles. The predicted octanol–water partition coefficient (Wildman–Crippen LogP) is 2.80. The summed E-state index contributed by atoms with van der Waals surface area (Å²) in [7, 11) is 0. The summed E-state index contributed by atoms with van der Waals surface area (Å²) in [5, 5.41) is 5.07. The number of hydrogen-bond acceptors (Lipinski definition) is 6. The third kappa shape index (κ3) is 8.32. The van der Waals surface area contributed by atoms with Crippen molar-refractivity contribution in [3.63, 3.8) is 0 Å². The fraction of sp³-hybridized carbons (Fsp3) is 0.154. The Morgan fingerprint density at radius 2 is 1.37 bits per heavy atom. The number of benzene rings is 3. The van der Waals surface area contributed by atoms with E-state index >= 15 is 0 Å². The number of alkyl carbamates (subject to hydrolysis) is 1. The first-order valence-electron chi connectivity index (χ1n) is 10.8. The monoisotopic (exact) mass is 475 g/mol. The number of primary amides is 1. The number of carbonyl (C=O) groups is 4. The predicted molar refractivity (Wildman–Crippen MR) is 128 cm³/mol. The number of rotatable bonds is 10. The van der Waals surface area contributed by atoms with Crippen LogP contribution in [0.25, 0.3) is 0 Å². The van der Waals surface area contributed by atoms with Crippen molar-refractivity contribution < 1.29 is 28.7 Å². The molecule has 4 N–H and O–H groups in total. The Bertz CT molecular complexity index is 1150. The lowest BCUT2D eigenvalue weighted by Crippen LogP contribution is -2.44. The molecular formula is C26H25N3O6. The van der Waals surface area contributed by atoms with Gasteiger partial charge in [-0.2, -0.15) is 0 Å². The zero-order chi connectivity index (χ0) is 25.0. The summed E-state index contributed by atoms with van der Waals surface area (Å²) >= 11 is 0. The van der Waals surface area contributed by atoms with Crippen LogP contribution in [0.5, 0.6) is 0 Å². The van der Waals surface area contributed by atoms with Gasteiger partial charge in [0, 0.05) is 17.7 Å². The van der Waals surface area contributed by atoms with Gasteiger partial charge < -0.3 is 25.8 Å². The summed E-state index contributed by atoms with van der Waals surface area (Å²) in [6.07, 6.45) is -0.637. The fourth-order valence-corrected chi connectivity index (χ4v) is 3.10.